The van der Waals surface area contributed by atoms with Crippen molar-refractivity contribution in [1.82, 2.24) is 14.5 Å². The molecule has 2 aromatic carbocycles. The van der Waals surface area contributed by atoms with Crippen LogP contribution in [0.2, 0.25) is 0 Å². The van der Waals surface area contributed by atoms with Gasteiger partial charge in [-0.1, -0.05) is 29.5 Å². The number of thiazole rings is 1. The summed E-state index contributed by atoms with van der Waals surface area (Å²) in [5, 5.41) is 0.621. The van der Waals surface area contributed by atoms with Crippen molar-refractivity contribution in [2.24, 2.45) is 0 Å². The first-order valence-electron chi connectivity index (χ1n) is 8.63. The molecule has 27 heavy (non-hydrogen) atoms. The van der Waals surface area contributed by atoms with Crippen molar-refractivity contribution >= 4 is 49.6 Å². The summed E-state index contributed by atoms with van der Waals surface area (Å²) >= 11 is 1.38. The van der Waals surface area contributed by atoms with Gasteiger partial charge in [-0.15, -0.1) is 0 Å². The standard InChI is InChI=1S/C19H16FN5OS/c1-23(19-22-17-12(20)5-4-8-15(17)27-19)11-16(26)25-10-9-24-14-7-3-2-6-13(14)21-18(24)25/h2-8H,9-11H2,1H3. The fourth-order valence-electron chi connectivity index (χ4n) is 3.45. The molecule has 0 radical (unpaired) electrons. The SMILES string of the molecule is CN(CC(=O)N1CCn2c1nc1ccccc12)c1nc2c(F)cccc2s1. The summed E-state index contributed by atoms with van der Waals surface area (Å²) < 4.78 is 16.7. The van der Waals surface area contributed by atoms with Gasteiger partial charge in [-0.25, -0.2) is 14.4 Å². The summed E-state index contributed by atoms with van der Waals surface area (Å²) in [5.41, 5.74) is 2.28. The third kappa shape index (κ3) is 2.56. The Morgan fingerprint density at radius 2 is 2.04 bits per heavy atom. The van der Waals surface area contributed by atoms with Gasteiger partial charge in [-0.3, -0.25) is 9.69 Å². The van der Waals surface area contributed by atoms with E-state index in [4.69, 9.17) is 0 Å². The van der Waals surface area contributed by atoms with E-state index in [9.17, 15) is 9.18 Å². The van der Waals surface area contributed by atoms with Crippen LogP contribution in [0.25, 0.3) is 21.3 Å². The molecule has 0 fully saturated rings. The van der Waals surface area contributed by atoms with Crippen molar-refractivity contribution < 1.29 is 9.18 Å². The lowest BCUT2D eigenvalue weighted by molar-refractivity contribution is -0.117. The highest BCUT2D eigenvalue weighted by molar-refractivity contribution is 7.22. The summed E-state index contributed by atoms with van der Waals surface area (Å²) in [6.07, 6.45) is 0. The summed E-state index contributed by atoms with van der Waals surface area (Å²) in [7, 11) is 1.80. The summed E-state index contributed by atoms with van der Waals surface area (Å²) in [5.74, 6) is 0.291. The van der Waals surface area contributed by atoms with E-state index in [-0.39, 0.29) is 18.3 Å². The lowest BCUT2D eigenvalue weighted by Gasteiger charge is -2.19. The minimum atomic E-state index is -0.344. The Balaban J connectivity index is 1.40. The highest BCUT2D eigenvalue weighted by atomic mass is 32.1. The van der Waals surface area contributed by atoms with Gasteiger partial charge in [0, 0.05) is 20.1 Å². The number of rotatable bonds is 3. The number of amides is 1. The van der Waals surface area contributed by atoms with Crippen LogP contribution in [0.5, 0.6) is 0 Å². The molecule has 0 N–H and O–H groups in total. The van der Waals surface area contributed by atoms with E-state index in [0.717, 1.165) is 22.3 Å². The van der Waals surface area contributed by atoms with Crippen LogP contribution < -0.4 is 9.80 Å². The molecule has 1 aliphatic heterocycles. The Morgan fingerprint density at radius 3 is 2.89 bits per heavy atom. The first-order chi connectivity index (χ1) is 13.1. The molecule has 5 rings (SSSR count). The number of carbonyl (C=O) groups excluding carboxylic acids is 1. The number of carbonyl (C=O) groups is 1. The maximum Gasteiger partial charge on any atom is 0.248 e. The number of benzene rings is 2. The van der Waals surface area contributed by atoms with Crippen molar-refractivity contribution in [3.05, 3.63) is 48.3 Å². The second-order valence-corrected chi connectivity index (χ2v) is 7.55. The molecule has 0 aliphatic carbocycles. The largest absolute Gasteiger partial charge is 0.342 e. The number of anilines is 2. The van der Waals surface area contributed by atoms with Gasteiger partial charge >= 0.3 is 0 Å². The zero-order valence-electron chi connectivity index (χ0n) is 14.6. The molecule has 1 aliphatic rings. The molecule has 0 atom stereocenters. The fraction of sp³-hybridized carbons (Fsp3) is 0.211. The van der Waals surface area contributed by atoms with Crippen molar-refractivity contribution in [1.29, 1.82) is 0 Å². The number of hydrogen-bond donors (Lipinski definition) is 0. The Kier molecular flexibility index (Phi) is 3.61. The molecule has 4 aromatic rings. The van der Waals surface area contributed by atoms with E-state index < -0.39 is 0 Å². The Bertz CT molecular complexity index is 1180. The number of imidazole rings is 1. The van der Waals surface area contributed by atoms with E-state index in [1.807, 2.05) is 30.3 Å². The highest BCUT2D eigenvalue weighted by Crippen LogP contribution is 2.30. The van der Waals surface area contributed by atoms with E-state index in [0.29, 0.717) is 23.1 Å². The van der Waals surface area contributed by atoms with Crippen LogP contribution in [-0.4, -0.2) is 40.6 Å². The third-order valence-corrected chi connectivity index (χ3v) is 5.92. The van der Waals surface area contributed by atoms with Crippen molar-refractivity contribution in [3.63, 3.8) is 0 Å². The maximum absolute atomic E-state index is 13.9. The monoisotopic (exact) mass is 381 g/mol. The number of hydrogen-bond acceptors (Lipinski definition) is 5. The fourth-order valence-corrected chi connectivity index (χ4v) is 4.39. The minimum Gasteiger partial charge on any atom is -0.342 e. The number of likely N-dealkylation sites (N-methyl/N-ethyl adjacent to an activating group) is 1. The lowest BCUT2D eigenvalue weighted by Crippen LogP contribution is -2.38. The minimum absolute atomic E-state index is 0.0497. The molecule has 8 heteroatoms. The van der Waals surface area contributed by atoms with Crippen LogP contribution in [0, 0.1) is 5.82 Å². The summed E-state index contributed by atoms with van der Waals surface area (Å²) in [6, 6.07) is 12.8. The van der Waals surface area contributed by atoms with Gasteiger partial charge < -0.3 is 9.47 Å². The molecule has 0 saturated heterocycles. The molecule has 1 amide bonds. The molecule has 136 valence electrons. The van der Waals surface area contributed by atoms with Crippen LogP contribution >= 0.6 is 11.3 Å². The third-order valence-electron chi connectivity index (χ3n) is 4.78. The topological polar surface area (TPSA) is 54.3 Å². The van der Waals surface area contributed by atoms with Gasteiger partial charge in [0.2, 0.25) is 11.9 Å². The average molecular weight is 381 g/mol. The molecular formula is C19H16FN5OS. The van der Waals surface area contributed by atoms with E-state index >= 15 is 0 Å². The van der Waals surface area contributed by atoms with Gasteiger partial charge in [0.1, 0.15) is 11.3 Å². The highest BCUT2D eigenvalue weighted by Gasteiger charge is 2.29. The zero-order chi connectivity index (χ0) is 18.5. The predicted octanol–water partition coefficient (Wildman–Crippen LogP) is 3.27. The van der Waals surface area contributed by atoms with Crippen molar-refractivity contribution in [3.8, 4) is 0 Å². The zero-order valence-corrected chi connectivity index (χ0v) is 15.4. The normalized spacial score (nSPS) is 13.5. The van der Waals surface area contributed by atoms with Gasteiger partial charge in [0.05, 0.1) is 22.3 Å². The Morgan fingerprint density at radius 1 is 1.19 bits per heavy atom. The quantitative estimate of drug-likeness (QED) is 0.547. The number of nitrogens with zero attached hydrogens (tertiary/aromatic N) is 5. The maximum atomic E-state index is 13.9. The smallest absolute Gasteiger partial charge is 0.248 e. The molecule has 3 heterocycles. The van der Waals surface area contributed by atoms with Crippen LogP contribution in [0.1, 0.15) is 0 Å². The van der Waals surface area contributed by atoms with Crippen LogP contribution in [-0.2, 0) is 11.3 Å². The van der Waals surface area contributed by atoms with Crippen LogP contribution in [0.4, 0.5) is 15.5 Å². The number of para-hydroxylation sites is 3. The first-order valence-corrected chi connectivity index (χ1v) is 9.45. The van der Waals surface area contributed by atoms with Gasteiger partial charge in [0.25, 0.3) is 0 Å². The molecule has 0 bridgehead atoms. The van der Waals surface area contributed by atoms with Crippen LogP contribution in [0.15, 0.2) is 42.5 Å². The van der Waals surface area contributed by atoms with Gasteiger partial charge in [-0.2, -0.15) is 0 Å². The number of fused-ring (bicyclic) bond motifs is 4. The van der Waals surface area contributed by atoms with Crippen molar-refractivity contribution in [2.75, 3.05) is 29.9 Å². The average Bonchev–Trinajstić information content (AvgIpc) is 3.35. The van der Waals surface area contributed by atoms with Crippen LogP contribution in [0.3, 0.4) is 0 Å². The van der Waals surface area contributed by atoms with Gasteiger partial charge in [-0.05, 0) is 24.3 Å². The molecule has 0 saturated carbocycles. The lowest BCUT2D eigenvalue weighted by atomic mass is 10.3. The van der Waals surface area contributed by atoms with Crippen molar-refractivity contribution in [2.45, 2.75) is 6.54 Å². The summed E-state index contributed by atoms with van der Waals surface area (Å²) in [6.45, 7) is 1.50. The summed E-state index contributed by atoms with van der Waals surface area (Å²) in [4.78, 5) is 25.3. The van der Waals surface area contributed by atoms with E-state index in [1.54, 1.807) is 22.9 Å². The van der Waals surface area contributed by atoms with E-state index in [2.05, 4.69) is 14.5 Å². The van der Waals surface area contributed by atoms with Gasteiger partial charge in [0.15, 0.2) is 5.13 Å². The number of halogens is 1. The molecule has 0 spiro atoms. The second-order valence-electron chi connectivity index (χ2n) is 6.54. The molecule has 6 nitrogen and oxygen atoms in total. The predicted molar refractivity (Wildman–Crippen MR) is 105 cm³/mol. The Labute approximate surface area is 158 Å². The Hall–Kier alpha value is -3.00. The molecular weight excluding hydrogens is 365 g/mol. The van der Waals surface area contributed by atoms with E-state index in [1.165, 1.54) is 17.4 Å². The second kappa shape index (κ2) is 6.02. The molecule has 2 aromatic heterocycles. The first kappa shape index (κ1) is 16.2. The number of aromatic nitrogens is 3. The molecule has 0 unspecified atom stereocenters.